The summed E-state index contributed by atoms with van der Waals surface area (Å²) in [7, 11) is 0. The summed E-state index contributed by atoms with van der Waals surface area (Å²) in [6.45, 7) is 9.24. The minimum absolute atomic E-state index is 0.249. The van der Waals surface area contributed by atoms with E-state index in [9.17, 15) is 24.9 Å². The van der Waals surface area contributed by atoms with E-state index in [2.05, 4.69) is 11.9 Å². The highest BCUT2D eigenvalue weighted by Crippen LogP contribution is 2.57. The number of Topliss-reactive ketones (excluding diaryl/α,β-unsaturated/α-hetero) is 1. The highest BCUT2D eigenvalue weighted by Gasteiger charge is 2.67. The summed E-state index contributed by atoms with van der Waals surface area (Å²) < 4.78 is 0. The predicted molar refractivity (Wildman–Crippen MR) is 129 cm³/mol. The van der Waals surface area contributed by atoms with Crippen molar-refractivity contribution in [3.05, 3.63) is 72.4 Å². The SMILES string of the molecule is C=C1[C@@H](C)[C@H]2[C@H](Cc3ccccc3)NC(=O)[C@]23[C@H](O)/C=C\[C@@](C)(O)C(=O)[C@@H](C)C/C=C\[C@H]3[C@@H]1O. The zero-order chi connectivity index (χ0) is 24.8. The topological polar surface area (TPSA) is 107 Å². The number of aliphatic hydroxyl groups is 3. The molecular formula is C28H35NO5. The van der Waals surface area contributed by atoms with Gasteiger partial charge in [0.05, 0.1) is 17.6 Å². The van der Waals surface area contributed by atoms with E-state index in [1.807, 2.05) is 37.3 Å². The van der Waals surface area contributed by atoms with E-state index >= 15 is 0 Å². The summed E-state index contributed by atoms with van der Waals surface area (Å²) in [6.07, 6.45) is 4.77. The Bertz CT molecular complexity index is 1030. The molecule has 3 aliphatic rings. The van der Waals surface area contributed by atoms with Gasteiger partial charge in [0.1, 0.15) is 5.60 Å². The Kier molecular flexibility index (Phi) is 6.44. The highest BCUT2D eigenvalue weighted by atomic mass is 16.3. The van der Waals surface area contributed by atoms with Crippen LogP contribution in [0.15, 0.2) is 66.8 Å². The van der Waals surface area contributed by atoms with Gasteiger partial charge in [0.2, 0.25) is 5.91 Å². The molecule has 9 atom stereocenters. The van der Waals surface area contributed by atoms with Crippen molar-refractivity contribution in [1.82, 2.24) is 5.32 Å². The van der Waals surface area contributed by atoms with Crippen LogP contribution in [0.3, 0.4) is 0 Å². The first kappa shape index (κ1) is 24.6. The van der Waals surface area contributed by atoms with Crippen molar-refractivity contribution in [3.63, 3.8) is 0 Å². The van der Waals surface area contributed by atoms with Crippen molar-refractivity contribution >= 4 is 11.7 Å². The fraction of sp³-hybridized carbons (Fsp3) is 0.500. The van der Waals surface area contributed by atoms with Gasteiger partial charge in [0.25, 0.3) is 0 Å². The number of ketones is 1. The van der Waals surface area contributed by atoms with Gasteiger partial charge in [-0.1, -0.05) is 69.0 Å². The Labute approximate surface area is 201 Å². The molecule has 0 unspecified atom stereocenters. The molecular weight excluding hydrogens is 430 g/mol. The average Bonchev–Trinajstić information content (AvgIpc) is 3.09. The molecule has 1 amide bonds. The van der Waals surface area contributed by atoms with Crippen LogP contribution in [0.5, 0.6) is 0 Å². The Morgan fingerprint density at radius 2 is 1.79 bits per heavy atom. The van der Waals surface area contributed by atoms with Crippen LogP contribution in [0.4, 0.5) is 0 Å². The first-order valence-corrected chi connectivity index (χ1v) is 12.0. The Morgan fingerprint density at radius 1 is 1.12 bits per heavy atom. The van der Waals surface area contributed by atoms with Gasteiger partial charge in [-0.05, 0) is 42.9 Å². The van der Waals surface area contributed by atoms with Crippen LogP contribution in [0.25, 0.3) is 0 Å². The lowest BCUT2D eigenvalue weighted by molar-refractivity contribution is -0.147. The second-order valence-electron chi connectivity index (χ2n) is 10.4. The molecule has 2 fully saturated rings. The lowest BCUT2D eigenvalue weighted by Crippen LogP contribution is -2.59. The normalized spacial score (nSPS) is 44.4. The van der Waals surface area contributed by atoms with E-state index in [4.69, 9.17) is 0 Å². The molecule has 0 radical (unpaired) electrons. The number of benzene rings is 1. The summed E-state index contributed by atoms with van der Waals surface area (Å²) in [5.74, 6) is -2.50. The molecule has 2 aliphatic carbocycles. The second kappa shape index (κ2) is 8.91. The van der Waals surface area contributed by atoms with Crippen LogP contribution in [0, 0.1) is 29.1 Å². The second-order valence-corrected chi connectivity index (χ2v) is 10.4. The summed E-state index contributed by atoms with van der Waals surface area (Å²) in [5.41, 5.74) is -1.46. The van der Waals surface area contributed by atoms with E-state index in [1.165, 1.54) is 19.1 Å². The zero-order valence-corrected chi connectivity index (χ0v) is 20.0. The van der Waals surface area contributed by atoms with Crippen molar-refractivity contribution in [1.29, 1.82) is 0 Å². The molecule has 6 nitrogen and oxygen atoms in total. The monoisotopic (exact) mass is 465 g/mol. The first-order valence-electron chi connectivity index (χ1n) is 12.0. The number of rotatable bonds is 2. The van der Waals surface area contributed by atoms with E-state index in [-0.39, 0.29) is 29.6 Å². The largest absolute Gasteiger partial charge is 0.388 e. The minimum Gasteiger partial charge on any atom is -0.388 e. The van der Waals surface area contributed by atoms with Gasteiger partial charge in [-0.15, -0.1) is 0 Å². The van der Waals surface area contributed by atoms with E-state index in [1.54, 1.807) is 19.1 Å². The van der Waals surface area contributed by atoms with E-state index in [0.717, 1.165) is 5.56 Å². The first-order chi connectivity index (χ1) is 16.0. The number of carbonyl (C=O) groups is 2. The molecule has 0 bridgehead atoms. The van der Waals surface area contributed by atoms with E-state index < -0.39 is 35.1 Å². The Morgan fingerprint density at radius 3 is 2.47 bits per heavy atom. The molecule has 0 aromatic heterocycles. The standard InChI is InChI=1S/C28H35NO5/c1-16-9-8-12-20-24(31)18(3)17(2)23-21(15-19-10-6-5-7-11-19)29-26(33)28(20,23)22(30)13-14-27(4,34)25(16)32/h5-8,10-14,16-17,20-24,30-31,34H,3,9,15H2,1-2,4H3,(H,29,33)/b12-8-,14-13-/t16-,17+,20-,21-,22+,23-,24+,27+,28+/m0/s1. The average molecular weight is 466 g/mol. The summed E-state index contributed by atoms with van der Waals surface area (Å²) in [5, 5.41) is 36.8. The van der Waals surface area contributed by atoms with Crippen molar-refractivity contribution < 1.29 is 24.9 Å². The van der Waals surface area contributed by atoms with Gasteiger partial charge in [-0.25, -0.2) is 0 Å². The van der Waals surface area contributed by atoms with Gasteiger partial charge < -0.3 is 20.6 Å². The number of amides is 1. The van der Waals surface area contributed by atoms with Gasteiger partial charge in [0, 0.05) is 23.8 Å². The van der Waals surface area contributed by atoms with Crippen LogP contribution in [-0.4, -0.2) is 50.9 Å². The third-order valence-corrected chi connectivity index (χ3v) is 8.26. The summed E-state index contributed by atoms with van der Waals surface area (Å²) in [4.78, 5) is 26.6. The lowest BCUT2D eigenvalue weighted by Gasteiger charge is -2.51. The van der Waals surface area contributed by atoms with Crippen LogP contribution >= 0.6 is 0 Å². The molecule has 182 valence electrons. The molecule has 1 saturated heterocycles. The lowest BCUT2D eigenvalue weighted by atomic mass is 9.51. The molecule has 6 heteroatoms. The molecule has 1 heterocycles. The number of aliphatic hydroxyl groups excluding tert-OH is 2. The predicted octanol–water partition coefficient (Wildman–Crippen LogP) is 2.35. The number of carbonyl (C=O) groups excluding carboxylic acids is 2. The maximum Gasteiger partial charge on any atom is 0.230 e. The Balaban J connectivity index is 1.87. The third-order valence-electron chi connectivity index (χ3n) is 8.26. The van der Waals surface area contributed by atoms with Gasteiger partial charge >= 0.3 is 0 Å². The van der Waals surface area contributed by atoms with Gasteiger partial charge in [0.15, 0.2) is 5.78 Å². The smallest absolute Gasteiger partial charge is 0.230 e. The fourth-order valence-corrected chi connectivity index (χ4v) is 6.39. The molecule has 4 rings (SSSR count). The molecule has 1 saturated carbocycles. The molecule has 1 spiro atoms. The molecule has 1 aromatic rings. The number of hydrogen-bond donors (Lipinski definition) is 4. The van der Waals surface area contributed by atoms with Crippen LogP contribution in [0.1, 0.15) is 32.8 Å². The zero-order valence-electron chi connectivity index (χ0n) is 20.0. The minimum atomic E-state index is -1.78. The molecule has 1 aliphatic heterocycles. The number of nitrogens with one attached hydrogen (secondary N) is 1. The maximum absolute atomic E-state index is 13.8. The molecule has 1 aromatic carbocycles. The molecule has 4 N–H and O–H groups in total. The van der Waals surface area contributed by atoms with Crippen molar-refractivity contribution in [2.75, 3.05) is 0 Å². The summed E-state index contributed by atoms with van der Waals surface area (Å²) >= 11 is 0. The van der Waals surface area contributed by atoms with Gasteiger partial charge in [-0.2, -0.15) is 0 Å². The number of hydrogen-bond acceptors (Lipinski definition) is 5. The van der Waals surface area contributed by atoms with Crippen molar-refractivity contribution in [2.45, 2.75) is 57.5 Å². The van der Waals surface area contributed by atoms with Crippen LogP contribution in [0.2, 0.25) is 0 Å². The van der Waals surface area contributed by atoms with Crippen LogP contribution in [-0.2, 0) is 16.0 Å². The van der Waals surface area contributed by atoms with Crippen molar-refractivity contribution in [3.8, 4) is 0 Å². The van der Waals surface area contributed by atoms with Gasteiger partial charge in [-0.3, -0.25) is 9.59 Å². The highest BCUT2D eigenvalue weighted by molar-refractivity contribution is 5.91. The third kappa shape index (κ3) is 3.78. The van der Waals surface area contributed by atoms with E-state index in [0.29, 0.717) is 18.4 Å². The fourth-order valence-electron chi connectivity index (χ4n) is 6.39. The maximum atomic E-state index is 13.8. The Hall–Kier alpha value is -2.54. The van der Waals surface area contributed by atoms with Crippen molar-refractivity contribution in [2.24, 2.45) is 29.1 Å². The number of allylic oxidation sites excluding steroid dienone is 1. The molecule has 34 heavy (non-hydrogen) atoms. The summed E-state index contributed by atoms with van der Waals surface area (Å²) in [6, 6.07) is 9.57. The quantitative estimate of drug-likeness (QED) is 0.502. The van der Waals surface area contributed by atoms with Crippen LogP contribution < -0.4 is 5.32 Å².